The van der Waals surface area contributed by atoms with E-state index in [0.29, 0.717) is 10.8 Å². The smallest absolute Gasteiger partial charge is 0.287 e. The summed E-state index contributed by atoms with van der Waals surface area (Å²) < 4.78 is 5.57. The van der Waals surface area contributed by atoms with Crippen LogP contribution < -0.4 is 10.6 Å². The highest BCUT2D eigenvalue weighted by molar-refractivity contribution is 6.30. The number of hydrogen-bond acceptors (Lipinski definition) is 3. The highest BCUT2D eigenvalue weighted by atomic mass is 35.5. The van der Waals surface area contributed by atoms with Gasteiger partial charge in [0.2, 0.25) is 5.91 Å². The van der Waals surface area contributed by atoms with Crippen LogP contribution in [0.4, 0.5) is 5.69 Å². The number of para-hydroxylation sites is 1. The molecule has 2 N–H and O–H groups in total. The van der Waals surface area contributed by atoms with Gasteiger partial charge in [-0.1, -0.05) is 36.7 Å². The molecule has 0 saturated heterocycles. The molecule has 1 heterocycles. The van der Waals surface area contributed by atoms with Crippen LogP contribution in [0, 0.1) is 0 Å². The van der Waals surface area contributed by atoms with Crippen molar-refractivity contribution in [3.05, 3.63) is 77.0 Å². The summed E-state index contributed by atoms with van der Waals surface area (Å²) in [7, 11) is 0. The van der Waals surface area contributed by atoms with E-state index < -0.39 is 5.91 Å². The van der Waals surface area contributed by atoms with Crippen LogP contribution in [-0.2, 0) is 11.2 Å². The molecule has 0 radical (unpaired) electrons. The zero-order chi connectivity index (χ0) is 19.2. The van der Waals surface area contributed by atoms with Gasteiger partial charge in [-0.15, -0.1) is 0 Å². The van der Waals surface area contributed by atoms with Gasteiger partial charge in [-0.3, -0.25) is 9.59 Å². The monoisotopic (exact) mass is 382 g/mol. The number of amides is 2. The van der Waals surface area contributed by atoms with Crippen molar-refractivity contribution >= 4 is 29.1 Å². The molecule has 2 amide bonds. The minimum atomic E-state index is -0.450. The van der Waals surface area contributed by atoms with E-state index in [9.17, 15) is 9.59 Å². The second kappa shape index (κ2) is 8.56. The Balaban J connectivity index is 1.58. The normalized spacial score (nSPS) is 10.4. The van der Waals surface area contributed by atoms with Crippen LogP contribution in [-0.4, -0.2) is 18.4 Å². The van der Waals surface area contributed by atoms with Crippen molar-refractivity contribution < 1.29 is 14.0 Å². The predicted octanol–water partition coefficient (Wildman–Crippen LogP) is 4.53. The fourth-order valence-corrected chi connectivity index (χ4v) is 2.75. The van der Waals surface area contributed by atoms with Gasteiger partial charge >= 0.3 is 0 Å². The van der Waals surface area contributed by atoms with Crippen molar-refractivity contribution in [3.63, 3.8) is 0 Å². The Bertz CT molecular complexity index is 948. The number of carbonyl (C=O) groups is 2. The molecule has 0 atom stereocenters. The number of nitrogens with one attached hydrogen (secondary N) is 2. The lowest BCUT2D eigenvalue weighted by molar-refractivity contribution is -0.115. The first-order valence-corrected chi connectivity index (χ1v) is 8.96. The number of aryl methyl sites for hydroxylation is 1. The number of halogens is 1. The number of anilines is 1. The molecule has 6 heteroatoms. The summed E-state index contributed by atoms with van der Waals surface area (Å²) in [4.78, 5) is 24.3. The van der Waals surface area contributed by atoms with E-state index in [0.717, 1.165) is 23.2 Å². The van der Waals surface area contributed by atoms with E-state index in [1.165, 1.54) is 0 Å². The van der Waals surface area contributed by atoms with E-state index in [4.69, 9.17) is 16.0 Å². The Morgan fingerprint density at radius 1 is 1.00 bits per heavy atom. The molecule has 5 nitrogen and oxygen atoms in total. The molecular formula is C21H19ClN2O3. The van der Waals surface area contributed by atoms with Gasteiger partial charge in [0.1, 0.15) is 5.76 Å². The van der Waals surface area contributed by atoms with E-state index in [1.807, 2.05) is 43.3 Å². The number of benzene rings is 2. The van der Waals surface area contributed by atoms with E-state index >= 15 is 0 Å². The summed E-state index contributed by atoms with van der Waals surface area (Å²) in [6.07, 6.45) is 0.808. The van der Waals surface area contributed by atoms with Crippen LogP contribution in [0.5, 0.6) is 0 Å². The van der Waals surface area contributed by atoms with Gasteiger partial charge in [0.15, 0.2) is 5.76 Å². The molecule has 0 fully saturated rings. The topological polar surface area (TPSA) is 71.3 Å². The first-order chi connectivity index (χ1) is 13.1. The fourth-order valence-electron chi connectivity index (χ4n) is 2.62. The first kappa shape index (κ1) is 18.7. The quantitative estimate of drug-likeness (QED) is 0.657. The molecule has 3 aromatic rings. The highest BCUT2D eigenvalue weighted by Crippen LogP contribution is 2.23. The molecule has 0 saturated carbocycles. The number of rotatable bonds is 6. The van der Waals surface area contributed by atoms with E-state index in [-0.39, 0.29) is 18.2 Å². The van der Waals surface area contributed by atoms with Crippen LogP contribution in [0.15, 0.2) is 65.1 Å². The maximum absolute atomic E-state index is 12.2. The molecule has 0 spiro atoms. The number of carbonyl (C=O) groups excluding carboxylic acids is 2. The fraction of sp³-hybridized carbons (Fsp3) is 0.143. The zero-order valence-electron chi connectivity index (χ0n) is 14.8. The molecule has 0 unspecified atom stereocenters. The van der Waals surface area contributed by atoms with Crippen LogP contribution in [0.3, 0.4) is 0 Å². The molecule has 3 rings (SSSR count). The summed E-state index contributed by atoms with van der Waals surface area (Å²) in [6.45, 7) is 1.87. The average Bonchev–Trinajstić information content (AvgIpc) is 3.17. The van der Waals surface area contributed by atoms with Gasteiger partial charge in [-0.05, 0) is 54.4 Å². The van der Waals surface area contributed by atoms with E-state index in [2.05, 4.69) is 10.6 Å². The van der Waals surface area contributed by atoms with Gasteiger partial charge in [0, 0.05) is 16.3 Å². The highest BCUT2D eigenvalue weighted by Gasteiger charge is 2.14. The summed E-state index contributed by atoms with van der Waals surface area (Å²) in [5.41, 5.74) is 2.60. The Kier molecular flexibility index (Phi) is 5.94. The third kappa shape index (κ3) is 4.77. The molecule has 1 aromatic heterocycles. The van der Waals surface area contributed by atoms with Gasteiger partial charge in [0.25, 0.3) is 5.91 Å². The van der Waals surface area contributed by atoms with Crippen molar-refractivity contribution in [2.24, 2.45) is 0 Å². The summed E-state index contributed by atoms with van der Waals surface area (Å²) >= 11 is 5.87. The molecule has 0 bridgehead atoms. The minimum absolute atomic E-state index is 0.140. The Morgan fingerprint density at radius 3 is 2.48 bits per heavy atom. The van der Waals surface area contributed by atoms with Crippen LogP contribution in [0.25, 0.3) is 11.3 Å². The third-order valence-corrected chi connectivity index (χ3v) is 4.29. The third-order valence-electron chi connectivity index (χ3n) is 4.04. The molecule has 0 aliphatic rings. The second-order valence-electron chi connectivity index (χ2n) is 5.91. The molecule has 2 aromatic carbocycles. The summed E-state index contributed by atoms with van der Waals surface area (Å²) in [5, 5.41) is 6.00. The molecule has 0 aliphatic carbocycles. The van der Waals surface area contributed by atoms with Gasteiger partial charge in [-0.2, -0.15) is 0 Å². The maximum atomic E-state index is 12.2. The van der Waals surface area contributed by atoms with Gasteiger partial charge < -0.3 is 15.1 Å². The number of hydrogen-bond donors (Lipinski definition) is 2. The molecule has 138 valence electrons. The second-order valence-corrected chi connectivity index (χ2v) is 6.35. The zero-order valence-corrected chi connectivity index (χ0v) is 15.5. The van der Waals surface area contributed by atoms with Crippen LogP contribution in [0.2, 0.25) is 5.02 Å². The van der Waals surface area contributed by atoms with Crippen molar-refractivity contribution in [3.8, 4) is 11.3 Å². The van der Waals surface area contributed by atoms with Crippen LogP contribution >= 0.6 is 11.6 Å². The lowest BCUT2D eigenvalue weighted by atomic mass is 10.1. The molecule has 0 aliphatic heterocycles. The SMILES string of the molecule is CCc1ccccc1NC(=O)CNC(=O)c1ccc(-c2ccc(Cl)cc2)o1. The largest absolute Gasteiger partial charge is 0.451 e. The average molecular weight is 383 g/mol. The molecule has 27 heavy (non-hydrogen) atoms. The lowest BCUT2D eigenvalue weighted by Crippen LogP contribution is -2.32. The van der Waals surface area contributed by atoms with Crippen LogP contribution in [0.1, 0.15) is 23.0 Å². The van der Waals surface area contributed by atoms with Gasteiger partial charge in [-0.25, -0.2) is 0 Å². The maximum Gasteiger partial charge on any atom is 0.287 e. The molecular weight excluding hydrogens is 364 g/mol. The summed E-state index contributed by atoms with van der Waals surface area (Å²) in [5.74, 6) is -0.0530. The Labute approximate surface area is 162 Å². The lowest BCUT2D eigenvalue weighted by Gasteiger charge is -2.09. The Morgan fingerprint density at radius 2 is 1.74 bits per heavy atom. The van der Waals surface area contributed by atoms with Crippen molar-refractivity contribution in [1.29, 1.82) is 0 Å². The summed E-state index contributed by atoms with van der Waals surface area (Å²) in [6, 6.07) is 18.0. The predicted molar refractivity (Wildman–Crippen MR) is 106 cm³/mol. The van der Waals surface area contributed by atoms with Crippen molar-refractivity contribution in [2.75, 3.05) is 11.9 Å². The first-order valence-electron chi connectivity index (χ1n) is 8.58. The van der Waals surface area contributed by atoms with Crippen molar-refractivity contribution in [1.82, 2.24) is 5.32 Å². The van der Waals surface area contributed by atoms with E-state index in [1.54, 1.807) is 24.3 Å². The number of furan rings is 1. The van der Waals surface area contributed by atoms with Crippen molar-refractivity contribution in [2.45, 2.75) is 13.3 Å². The minimum Gasteiger partial charge on any atom is -0.451 e. The standard InChI is InChI=1S/C21H19ClN2O3/c1-2-14-5-3-4-6-17(14)24-20(25)13-23-21(26)19-12-11-18(27-19)15-7-9-16(22)10-8-15/h3-12H,2,13H2,1H3,(H,23,26)(H,24,25). The van der Waals surface area contributed by atoms with Gasteiger partial charge in [0.05, 0.1) is 6.54 Å². The Hall–Kier alpha value is -3.05.